The van der Waals surface area contributed by atoms with Crippen LogP contribution in [0.4, 0.5) is 20.7 Å². The monoisotopic (exact) mass is 1000 g/mol. The van der Waals surface area contributed by atoms with Crippen molar-refractivity contribution in [3.05, 3.63) is 94.8 Å². The first-order valence-electron chi connectivity index (χ1n) is 20.3. The minimum Gasteiger partial charge on any atom is -0.481 e. The Labute approximate surface area is 418 Å². The van der Waals surface area contributed by atoms with Crippen LogP contribution in [0.5, 0.6) is 0 Å². The molecule has 0 amide bonds. The molecule has 0 unspecified atom stereocenters. The second-order valence-corrected chi connectivity index (χ2v) is 20.0. The quantitative estimate of drug-likeness (QED) is 0.0669. The van der Waals surface area contributed by atoms with E-state index in [1.807, 2.05) is 27.7 Å². The van der Waals surface area contributed by atoms with E-state index in [1.165, 1.54) is 86.9 Å². The van der Waals surface area contributed by atoms with Gasteiger partial charge in [-0.3, -0.25) is 9.59 Å². The average Bonchev–Trinajstić information content (AvgIpc) is 3.20. The summed E-state index contributed by atoms with van der Waals surface area (Å²) in [4.78, 5) is 39.1. The molecule has 2 aromatic carbocycles. The average molecular weight is 1000 g/mol. The summed E-state index contributed by atoms with van der Waals surface area (Å²) >= 11 is 0. The number of sulfonamides is 2. The van der Waals surface area contributed by atoms with Gasteiger partial charge in [0, 0.05) is 86.9 Å². The van der Waals surface area contributed by atoms with E-state index in [-0.39, 0.29) is 74.3 Å². The predicted octanol–water partition coefficient (Wildman–Crippen LogP) is 4.42. The molecule has 18 nitrogen and oxygen atoms in total. The number of nitrogens with zero attached hydrogens (tertiary/aromatic N) is 6. The van der Waals surface area contributed by atoms with E-state index >= 15 is 0 Å². The summed E-state index contributed by atoms with van der Waals surface area (Å²) in [6, 6.07) is 11.0. The standard InChI is InChI=1S/2C22H28FN3O6S.Ca/c2*1-13(2)20-18(10-9-16(27)11-17(28)12-19(29)30)21(14-5-7-15(23)8-6-14)25-22(24-20)26(3)33(4,31)32;/h2*5-10,13,16-17,27-28H,11-12H2,1-4H3,(H,29,30);/t2*16-,17-;/m11./s1. The molecule has 4 rings (SSSR count). The molecular formula is C44H56CaF2N6O12S2. The molecule has 0 saturated carbocycles. The van der Waals surface area contributed by atoms with Gasteiger partial charge in [0.05, 0.1) is 72.5 Å². The molecule has 2 aromatic heterocycles. The summed E-state index contributed by atoms with van der Waals surface area (Å²) in [5.41, 5.74) is 3.60. The van der Waals surface area contributed by atoms with Crippen molar-refractivity contribution in [2.75, 3.05) is 35.2 Å². The van der Waals surface area contributed by atoms with Crippen LogP contribution in [-0.2, 0) is 29.6 Å². The number of anilines is 2. The number of halogens is 2. The molecule has 2 radical (unpaired) electrons. The summed E-state index contributed by atoms with van der Waals surface area (Å²) in [5, 5.41) is 57.6. The Morgan fingerprint density at radius 2 is 0.896 bits per heavy atom. The molecule has 0 spiro atoms. The largest absolute Gasteiger partial charge is 0.481 e. The number of hydrogen-bond acceptors (Lipinski definition) is 14. The Morgan fingerprint density at radius 1 is 0.597 bits per heavy atom. The summed E-state index contributed by atoms with van der Waals surface area (Å²) in [7, 11) is -4.65. The number of aliphatic hydroxyl groups excluding tert-OH is 4. The fraction of sp³-hybridized carbons (Fsp3) is 0.409. The summed E-state index contributed by atoms with van der Waals surface area (Å²) in [6.07, 6.45) is 1.72. The number of carboxylic acid groups (broad SMARTS) is 2. The number of carbonyl (C=O) groups is 2. The number of benzene rings is 2. The van der Waals surface area contributed by atoms with E-state index in [1.54, 1.807) is 0 Å². The third-order valence-electron chi connectivity index (χ3n) is 9.63. The SMILES string of the molecule is CC(C)c1nc(N(C)S(C)(=O)=O)nc(-c2ccc(F)cc2)c1C=C[C@@H](O)C[C@@H](O)CC(=O)O.CC(C)c1nc(N(C)S(C)(=O)=O)nc(-c2ccc(F)cc2)c1C=C[C@@H](O)C[C@@H](O)CC(=O)O.[Ca]. The maximum absolute atomic E-state index is 13.5. The first-order valence-corrected chi connectivity index (χ1v) is 24.0. The molecule has 4 aromatic rings. The van der Waals surface area contributed by atoms with E-state index in [2.05, 4.69) is 19.9 Å². The van der Waals surface area contributed by atoms with Crippen molar-refractivity contribution in [1.82, 2.24) is 19.9 Å². The Balaban J connectivity index is 0.000000453. The van der Waals surface area contributed by atoms with Crippen molar-refractivity contribution in [3.8, 4) is 22.5 Å². The third-order valence-corrected chi connectivity index (χ3v) is 11.9. The second kappa shape index (κ2) is 25.7. The zero-order valence-electron chi connectivity index (χ0n) is 38.3. The van der Waals surface area contributed by atoms with Crippen LogP contribution in [0, 0.1) is 11.6 Å². The van der Waals surface area contributed by atoms with Crippen LogP contribution in [0.2, 0.25) is 0 Å². The molecule has 23 heteroatoms. The van der Waals surface area contributed by atoms with E-state index in [0.29, 0.717) is 45.0 Å². The van der Waals surface area contributed by atoms with Crippen LogP contribution in [-0.4, -0.2) is 168 Å². The first kappa shape index (κ1) is 58.6. The molecule has 4 atom stereocenters. The van der Waals surface area contributed by atoms with E-state index in [4.69, 9.17) is 10.2 Å². The number of aliphatic carboxylic acids is 2. The van der Waals surface area contributed by atoms with Gasteiger partial charge in [-0.05, 0) is 60.4 Å². The number of carboxylic acids is 2. The van der Waals surface area contributed by atoms with Crippen molar-refractivity contribution < 1.29 is 65.8 Å². The summed E-state index contributed by atoms with van der Waals surface area (Å²) in [6.45, 7) is 7.41. The van der Waals surface area contributed by atoms with E-state index in [9.17, 15) is 55.6 Å². The Morgan fingerprint density at radius 3 is 1.15 bits per heavy atom. The van der Waals surface area contributed by atoms with Gasteiger partial charge in [-0.1, -0.05) is 52.0 Å². The van der Waals surface area contributed by atoms with Crippen molar-refractivity contribution in [3.63, 3.8) is 0 Å². The van der Waals surface area contributed by atoms with E-state index < -0.39 is 80.9 Å². The molecule has 6 N–H and O–H groups in total. The molecule has 0 saturated heterocycles. The molecule has 362 valence electrons. The second-order valence-electron chi connectivity index (χ2n) is 16.0. The topological polar surface area (TPSA) is 282 Å². The Hall–Kier alpha value is -4.52. The van der Waals surface area contributed by atoms with Gasteiger partial charge in [0.2, 0.25) is 31.9 Å². The van der Waals surface area contributed by atoms with Crippen molar-refractivity contribution in [2.24, 2.45) is 0 Å². The predicted molar refractivity (Wildman–Crippen MR) is 251 cm³/mol. The first-order chi connectivity index (χ1) is 30.6. The maximum Gasteiger partial charge on any atom is 0.305 e. The molecule has 0 aliphatic carbocycles. The fourth-order valence-corrected chi connectivity index (χ4v) is 6.85. The van der Waals surface area contributed by atoms with Crippen LogP contribution < -0.4 is 8.61 Å². The van der Waals surface area contributed by atoms with Gasteiger partial charge in [-0.25, -0.2) is 54.2 Å². The molecular weight excluding hydrogens is 947 g/mol. The molecule has 0 bridgehead atoms. The number of rotatable bonds is 20. The Kier molecular flexibility index (Phi) is 22.5. The van der Waals surface area contributed by atoms with Crippen LogP contribution in [0.1, 0.15) is 87.7 Å². The van der Waals surface area contributed by atoms with Gasteiger partial charge in [-0.2, -0.15) is 0 Å². The maximum atomic E-state index is 13.5. The minimum atomic E-state index is -3.65. The number of aromatic nitrogens is 4. The number of aliphatic hydroxyl groups is 4. The smallest absolute Gasteiger partial charge is 0.305 e. The summed E-state index contributed by atoms with van der Waals surface area (Å²) in [5.74, 6) is -3.74. The minimum absolute atomic E-state index is 0. The van der Waals surface area contributed by atoms with Crippen molar-refractivity contribution >= 4 is 93.8 Å². The fourth-order valence-electron chi connectivity index (χ4n) is 6.09. The molecule has 0 fully saturated rings. The zero-order valence-corrected chi connectivity index (χ0v) is 42.2. The molecule has 0 aliphatic rings. The summed E-state index contributed by atoms with van der Waals surface area (Å²) < 4.78 is 77.2. The zero-order chi connectivity index (χ0) is 49.8. The molecule has 0 aliphatic heterocycles. The van der Waals surface area contributed by atoms with Gasteiger partial charge in [0.15, 0.2) is 0 Å². The molecule has 2 heterocycles. The van der Waals surface area contributed by atoms with Crippen LogP contribution in [0.3, 0.4) is 0 Å². The van der Waals surface area contributed by atoms with Gasteiger partial charge < -0.3 is 30.6 Å². The third kappa shape index (κ3) is 18.1. The van der Waals surface area contributed by atoms with Gasteiger partial charge >= 0.3 is 11.9 Å². The van der Waals surface area contributed by atoms with Gasteiger partial charge in [-0.15, -0.1) is 0 Å². The Bertz CT molecular complexity index is 2430. The van der Waals surface area contributed by atoms with Crippen LogP contribution in [0.15, 0.2) is 60.7 Å². The van der Waals surface area contributed by atoms with Crippen molar-refractivity contribution in [2.45, 2.75) is 89.6 Å². The number of hydrogen-bond donors (Lipinski definition) is 6. The van der Waals surface area contributed by atoms with E-state index in [0.717, 1.165) is 21.1 Å². The normalized spacial score (nSPS) is 13.7. The van der Waals surface area contributed by atoms with Crippen LogP contribution in [0.25, 0.3) is 34.7 Å². The van der Waals surface area contributed by atoms with Gasteiger partial charge in [0.1, 0.15) is 11.6 Å². The molecule has 67 heavy (non-hydrogen) atoms. The van der Waals surface area contributed by atoms with Crippen molar-refractivity contribution in [1.29, 1.82) is 0 Å². The van der Waals surface area contributed by atoms with Gasteiger partial charge in [0.25, 0.3) is 0 Å². The van der Waals surface area contributed by atoms with Crippen LogP contribution >= 0.6 is 0 Å².